The van der Waals surface area contributed by atoms with E-state index in [0.717, 1.165) is 56.7 Å². The molecular formula is C19H26ClFN4O. The van der Waals surface area contributed by atoms with Crippen molar-refractivity contribution in [1.29, 1.82) is 0 Å². The van der Waals surface area contributed by atoms with Crippen LogP contribution >= 0.6 is 12.4 Å². The summed E-state index contributed by atoms with van der Waals surface area (Å²) in [5, 5.41) is 7.69. The van der Waals surface area contributed by atoms with E-state index in [1.807, 2.05) is 6.07 Å². The summed E-state index contributed by atoms with van der Waals surface area (Å²) in [6, 6.07) is 7.01. The van der Waals surface area contributed by atoms with E-state index >= 15 is 0 Å². The van der Waals surface area contributed by atoms with Crippen LogP contribution in [0, 0.1) is 5.82 Å². The first-order valence-electron chi connectivity index (χ1n) is 9.20. The van der Waals surface area contributed by atoms with Gasteiger partial charge in [-0.1, -0.05) is 36.6 Å². The van der Waals surface area contributed by atoms with Crippen LogP contribution in [-0.4, -0.2) is 41.7 Å². The van der Waals surface area contributed by atoms with Crippen LogP contribution in [0.1, 0.15) is 55.4 Å². The predicted molar refractivity (Wildman–Crippen MR) is 100 cm³/mol. The number of hydrogen-bond acceptors (Lipinski definition) is 5. The minimum atomic E-state index is -0.355. The molecule has 5 nitrogen and oxygen atoms in total. The maximum absolute atomic E-state index is 13.9. The van der Waals surface area contributed by atoms with Gasteiger partial charge in [0.05, 0.1) is 11.5 Å². The van der Waals surface area contributed by atoms with E-state index in [1.165, 1.54) is 12.5 Å². The van der Waals surface area contributed by atoms with E-state index in [9.17, 15) is 4.39 Å². The van der Waals surface area contributed by atoms with Crippen molar-refractivity contribution in [3.8, 4) is 0 Å². The second-order valence-electron chi connectivity index (χ2n) is 7.31. The second kappa shape index (κ2) is 8.03. The van der Waals surface area contributed by atoms with Crippen molar-refractivity contribution >= 4 is 12.4 Å². The largest absolute Gasteiger partial charge is 0.338 e. The van der Waals surface area contributed by atoms with Crippen LogP contribution in [0.5, 0.6) is 0 Å². The lowest BCUT2D eigenvalue weighted by molar-refractivity contribution is 0.189. The molecular weight excluding hydrogens is 355 g/mol. The summed E-state index contributed by atoms with van der Waals surface area (Å²) >= 11 is 0. The molecule has 1 aliphatic carbocycles. The quantitative estimate of drug-likeness (QED) is 0.883. The third-order valence-electron chi connectivity index (χ3n) is 5.74. The van der Waals surface area contributed by atoms with Crippen molar-refractivity contribution in [3.63, 3.8) is 0 Å². The lowest BCUT2D eigenvalue weighted by Crippen LogP contribution is -2.44. The number of aromatic nitrogens is 2. The van der Waals surface area contributed by atoms with Crippen molar-refractivity contribution in [2.75, 3.05) is 26.7 Å². The Balaban J connectivity index is 0.00000196. The molecule has 2 aromatic rings. The van der Waals surface area contributed by atoms with Gasteiger partial charge >= 0.3 is 0 Å². The Morgan fingerprint density at radius 1 is 1.27 bits per heavy atom. The number of halogens is 2. The molecule has 0 amide bonds. The molecule has 1 aromatic heterocycles. The van der Waals surface area contributed by atoms with Gasteiger partial charge in [-0.15, -0.1) is 12.4 Å². The van der Waals surface area contributed by atoms with E-state index in [4.69, 9.17) is 9.51 Å². The predicted octanol–water partition coefficient (Wildman–Crippen LogP) is 3.46. The number of nitrogens with one attached hydrogen (secondary N) is 1. The van der Waals surface area contributed by atoms with Gasteiger partial charge in [0.15, 0.2) is 5.82 Å². The summed E-state index contributed by atoms with van der Waals surface area (Å²) in [6.07, 6.45) is 5.25. The maximum Gasteiger partial charge on any atom is 0.237 e. The zero-order chi connectivity index (χ0) is 17.3. The normalized spacial score (nSPS) is 23.4. The number of hydrogen-bond donors (Lipinski definition) is 1. The van der Waals surface area contributed by atoms with Crippen LogP contribution in [-0.2, 0) is 5.41 Å². The van der Waals surface area contributed by atoms with Gasteiger partial charge in [-0.2, -0.15) is 4.98 Å². The average molecular weight is 381 g/mol. The van der Waals surface area contributed by atoms with E-state index < -0.39 is 0 Å². The Hall–Kier alpha value is -1.50. The Labute approximate surface area is 159 Å². The minimum Gasteiger partial charge on any atom is -0.338 e. The Bertz CT molecular complexity index is 732. The van der Waals surface area contributed by atoms with Gasteiger partial charge in [-0.05, 0) is 37.6 Å². The van der Waals surface area contributed by atoms with Gasteiger partial charge in [0.2, 0.25) is 5.89 Å². The highest BCUT2D eigenvalue weighted by atomic mass is 35.5. The number of nitrogens with zero attached hydrogens (tertiary/aromatic N) is 3. The molecule has 2 heterocycles. The van der Waals surface area contributed by atoms with E-state index in [1.54, 1.807) is 12.1 Å². The summed E-state index contributed by atoms with van der Waals surface area (Å²) in [5.41, 5.74) is 0.601. The number of piperazine rings is 1. The standard InChI is InChI=1S/C19H25FN4O.ClH/c1-24-11-10-21-13-16(24)17-22-18(25-23-17)19(8-3-2-4-9-19)14-6-5-7-15(20)12-14;/h5-7,12,16,21H,2-4,8-11,13H2,1H3;1H. The molecule has 1 atom stereocenters. The smallest absolute Gasteiger partial charge is 0.237 e. The zero-order valence-electron chi connectivity index (χ0n) is 15.1. The van der Waals surface area contributed by atoms with Gasteiger partial charge in [-0.25, -0.2) is 4.39 Å². The van der Waals surface area contributed by atoms with E-state index in [-0.39, 0.29) is 29.7 Å². The molecule has 0 bridgehead atoms. The van der Waals surface area contributed by atoms with Crippen LogP contribution in [0.3, 0.4) is 0 Å². The average Bonchev–Trinajstić information content (AvgIpc) is 3.13. The van der Waals surface area contributed by atoms with Crippen molar-refractivity contribution < 1.29 is 8.91 Å². The van der Waals surface area contributed by atoms with Crippen molar-refractivity contribution in [3.05, 3.63) is 47.4 Å². The molecule has 1 saturated carbocycles. The zero-order valence-corrected chi connectivity index (χ0v) is 15.9. The first kappa shape index (κ1) is 19.3. The van der Waals surface area contributed by atoms with E-state index in [2.05, 4.69) is 22.4 Å². The van der Waals surface area contributed by atoms with Crippen LogP contribution in [0.25, 0.3) is 0 Å². The SMILES string of the molecule is CN1CCNCC1c1noc(C2(c3cccc(F)c3)CCCCC2)n1.Cl. The first-order chi connectivity index (χ1) is 12.2. The van der Waals surface area contributed by atoms with Gasteiger partial charge in [-0.3, -0.25) is 4.90 Å². The van der Waals surface area contributed by atoms with Crippen LogP contribution in [0.15, 0.2) is 28.8 Å². The molecule has 26 heavy (non-hydrogen) atoms. The summed E-state index contributed by atoms with van der Waals surface area (Å²) < 4.78 is 19.6. The number of rotatable bonds is 3. The Morgan fingerprint density at radius 3 is 2.81 bits per heavy atom. The van der Waals surface area contributed by atoms with Gasteiger partial charge < -0.3 is 9.84 Å². The van der Waals surface area contributed by atoms with Crippen molar-refractivity contribution in [1.82, 2.24) is 20.4 Å². The Morgan fingerprint density at radius 2 is 2.08 bits per heavy atom. The molecule has 7 heteroatoms. The fourth-order valence-electron chi connectivity index (χ4n) is 4.23. The number of benzene rings is 1. The molecule has 1 N–H and O–H groups in total. The van der Waals surface area contributed by atoms with Crippen molar-refractivity contribution in [2.24, 2.45) is 0 Å². The fourth-order valence-corrected chi connectivity index (χ4v) is 4.23. The van der Waals surface area contributed by atoms with Crippen LogP contribution in [0.4, 0.5) is 4.39 Å². The topological polar surface area (TPSA) is 54.2 Å². The van der Waals surface area contributed by atoms with Gasteiger partial charge in [0.25, 0.3) is 0 Å². The lowest BCUT2D eigenvalue weighted by Gasteiger charge is -2.34. The van der Waals surface area contributed by atoms with Crippen LogP contribution < -0.4 is 5.32 Å². The molecule has 1 aromatic carbocycles. The number of likely N-dealkylation sites (N-methyl/N-ethyl adjacent to an activating group) is 1. The van der Waals surface area contributed by atoms with Crippen molar-refractivity contribution in [2.45, 2.75) is 43.6 Å². The summed E-state index contributed by atoms with van der Waals surface area (Å²) in [4.78, 5) is 7.06. The molecule has 1 unspecified atom stereocenters. The van der Waals surface area contributed by atoms with Gasteiger partial charge in [0, 0.05) is 19.6 Å². The summed E-state index contributed by atoms with van der Waals surface area (Å²) in [5.74, 6) is 1.16. The molecule has 1 saturated heterocycles. The molecule has 1 aliphatic heterocycles. The second-order valence-corrected chi connectivity index (χ2v) is 7.31. The third-order valence-corrected chi connectivity index (χ3v) is 5.74. The summed E-state index contributed by atoms with van der Waals surface area (Å²) in [6.45, 7) is 2.76. The third kappa shape index (κ3) is 3.50. The molecule has 142 valence electrons. The molecule has 0 spiro atoms. The Kier molecular flexibility index (Phi) is 5.95. The maximum atomic E-state index is 13.9. The minimum absolute atomic E-state index is 0. The highest BCUT2D eigenvalue weighted by Gasteiger charge is 2.42. The fraction of sp³-hybridized carbons (Fsp3) is 0.579. The highest BCUT2D eigenvalue weighted by molar-refractivity contribution is 5.85. The van der Waals surface area contributed by atoms with E-state index in [0.29, 0.717) is 5.89 Å². The lowest BCUT2D eigenvalue weighted by atomic mass is 9.69. The monoisotopic (exact) mass is 380 g/mol. The molecule has 0 radical (unpaired) electrons. The molecule has 2 aliphatic rings. The summed E-state index contributed by atoms with van der Waals surface area (Å²) in [7, 11) is 2.09. The molecule has 4 rings (SSSR count). The van der Waals surface area contributed by atoms with Gasteiger partial charge in [0.1, 0.15) is 5.82 Å². The molecule has 2 fully saturated rings. The highest BCUT2D eigenvalue weighted by Crippen LogP contribution is 2.44. The first-order valence-corrected chi connectivity index (χ1v) is 9.20. The van der Waals surface area contributed by atoms with Crippen LogP contribution in [0.2, 0.25) is 0 Å².